The lowest BCUT2D eigenvalue weighted by atomic mass is 10.3. The predicted molar refractivity (Wildman–Crippen MR) is 84.9 cm³/mol. The summed E-state index contributed by atoms with van der Waals surface area (Å²) in [4.78, 5) is 22.2. The quantitative estimate of drug-likeness (QED) is 0.667. The Morgan fingerprint density at radius 2 is 2.17 bits per heavy atom. The first-order chi connectivity index (χ1) is 10.8. The van der Waals surface area contributed by atoms with Crippen LogP contribution >= 0.6 is 11.6 Å². The Labute approximate surface area is 137 Å². The number of rotatable bonds is 5. The van der Waals surface area contributed by atoms with Gasteiger partial charge in [-0.1, -0.05) is 11.6 Å². The van der Waals surface area contributed by atoms with E-state index in [1.165, 1.54) is 18.2 Å². The van der Waals surface area contributed by atoms with Gasteiger partial charge in [0.25, 0.3) is 11.6 Å². The second kappa shape index (κ2) is 6.66. The molecule has 0 fully saturated rings. The molecule has 0 atom stereocenters. The van der Waals surface area contributed by atoms with Crippen molar-refractivity contribution >= 4 is 28.9 Å². The summed E-state index contributed by atoms with van der Waals surface area (Å²) >= 11 is 5.91. The number of hydrogen-bond donors (Lipinski definition) is 1. The van der Waals surface area contributed by atoms with Gasteiger partial charge in [-0.2, -0.15) is 5.10 Å². The number of nitro groups is 1. The fourth-order valence-electron chi connectivity index (χ4n) is 1.99. The number of non-ortho nitro benzene ring substituents is 1. The number of halogens is 1. The molecule has 122 valence electrons. The van der Waals surface area contributed by atoms with E-state index >= 15 is 0 Å². The number of nitrogens with one attached hydrogen (secondary N) is 1. The molecule has 0 aliphatic carbocycles. The van der Waals surface area contributed by atoms with Crippen molar-refractivity contribution in [3.8, 4) is 5.75 Å². The van der Waals surface area contributed by atoms with E-state index in [4.69, 9.17) is 16.3 Å². The van der Waals surface area contributed by atoms with Gasteiger partial charge in [0.2, 0.25) is 0 Å². The van der Waals surface area contributed by atoms with Crippen molar-refractivity contribution in [2.24, 2.45) is 7.05 Å². The molecule has 0 aliphatic heterocycles. The van der Waals surface area contributed by atoms with Gasteiger partial charge in [0.15, 0.2) is 6.61 Å². The summed E-state index contributed by atoms with van der Waals surface area (Å²) < 4.78 is 6.93. The summed E-state index contributed by atoms with van der Waals surface area (Å²) in [5.74, 6) is -0.331. The zero-order valence-electron chi connectivity index (χ0n) is 12.8. The maximum Gasteiger partial charge on any atom is 0.273 e. The lowest BCUT2D eigenvalue weighted by molar-refractivity contribution is -0.384. The number of benzene rings is 1. The second-order valence-corrected chi connectivity index (χ2v) is 5.29. The summed E-state index contributed by atoms with van der Waals surface area (Å²) in [6, 6.07) is 3.79. The molecule has 0 unspecified atom stereocenters. The maximum absolute atomic E-state index is 12.0. The number of carbonyl (C=O) groups is 1. The highest BCUT2D eigenvalue weighted by Gasteiger charge is 2.15. The van der Waals surface area contributed by atoms with Crippen molar-refractivity contribution in [3.63, 3.8) is 0 Å². The third kappa shape index (κ3) is 3.78. The van der Waals surface area contributed by atoms with Crippen molar-refractivity contribution < 1.29 is 14.5 Å². The summed E-state index contributed by atoms with van der Waals surface area (Å²) in [6.07, 6.45) is 0. The average Bonchev–Trinajstić information content (AvgIpc) is 2.72. The fraction of sp³-hybridized carbons (Fsp3) is 0.286. The zero-order chi connectivity index (χ0) is 17.1. The van der Waals surface area contributed by atoms with E-state index in [2.05, 4.69) is 10.4 Å². The average molecular weight is 339 g/mol. The van der Waals surface area contributed by atoms with E-state index in [-0.39, 0.29) is 23.1 Å². The van der Waals surface area contributed by atoms with E-state index in [1.807, 2.05) is 6.92 Å². The summed E-state index contributed by atoms with van der Waals surface area (Å²) in [5, 5.41) is 17.8. The number of anilines is 1. The third-order valence-corrected chi connectivity index (χ3v) is 3.57. The Hall–Kier alpha value is -2.61. The van der Waals surface area contributed by atoms with Crippen molar-refractivity contribution in [1.82, 2.24) is 9.78 Å². The number of ether oxygens (including phenoxy) is 1. The molecular formula is C14H15ClN4O4. The van der Waals surface area contributed by atoms with Crippen LogP contribution in [0.15, 0.2) is 18.2 Å². The van der Waals surface area contributed by atoms with Crippen LogP contribution in [0.1, 0.15) is 11.4 Å². The molecule has 1 N–H and O–H groups in total. The number of aromatic nitrogens is 2. The monoisotopic (exact) mass is 338 g/mol. The minimum atomic E-state index is -0.564. The number of aryl methyl sites for hydroxylation is 2. The van der Waals surface area contributed by atoms with Gasteiger partial charge in [-0.3, -0.25) is 19.6 Å². The largest absolute Gasteiger partial charge is 0.482 e. The van der Waals surface area contributed by atoms with Gasteiger partial charge in [-0.05, 0) is 19.9 Å². The van der Waals surface area contributed by atoms with Gasteiger partial charge in [-0.15, -0.1) is 0 Å². The Morgan fingerprint density at radius 3 is 2.74 bits per heavy atom. The number of nitrogens with zero attached hydrogens (tertiary/aromatic N) is 3. The minimum absolute atomic E-state index is 0.0793. The van der Waals surface area contributed by atoms with Crippen LogP contribution in [0.3, 0.4) is 0 Å². The molecule has 8 nitrogen and oxygen atoms in total. The van der Waals surface area contributed by atoms with Crippen LogP contribution in [0, 0.1) is 24.0 Å². The summed E-state index contributed by atoms with van der Waals surface area (Å²) in [5.41, 5.74) is 1.95. The van der Waals surface area contributed by atoms with Gasteiger partial charge in [-0.25, -0.2) is 0 Å². The molecule has 2 rings (SSSR count). The summed E-state index contributed by atoms with van der Waals surface area (Å²) in [6.45, 7) is 3.28. The number of amides is 1. The third-order valence-electron chi connectivity index (χ3n) is 3.26. The van der Waals surface area contributed by atoms with Crippen LogP contribution in [0.2, 0.25) is 5.02 Å². The number of nitro benzene ring substituents is 1. The van der Waals surface area contributed by atoms with E-state index in [0.717, 1.165) is 5.69 Å². The Bertz CT molecular complexity index is 772. The standard InChI is InChI=1S/C14H15ClN4O4/c1-8-14(9(2)18(3)17-8)16-13(20)7-23-12-6-10(19(21)22)4-5-11(12)15/h4-6H,7H2,1-3H3,(H,16,20). The van der Waals surface area contributed by atoms with Crippen LogP contribution in [0.25, 0.3) is 0 Å². The van der Waals surface area contributed by atoms with E-state index in [0.29, 0.717) is 11.4 Å². The topological polar surface area (TPSA) is 99.3 Å². The summed E-state index contributed by atoms with van der Waals surface area (Å²) in [7, 11) is 1.78. The van der Waals surface area contributed by atoms with Crippen LogP contribution in [0.4, 0.5) is 11.4 Å². The van der Waals surface area contributed by atoms with E-state index in [9.17, 15) is 14.9 Å². The molecule has 9 heteroatoms. The van der Waals surface area contributed by atoms with Crippen LogP contribution in [0.5, 0.6) is 5.75 Å². The fourth-order valence-corrected chi connectivity index (χ4v) is 2.16. The van der Waals surface area contributed by atoms with Crippen molar-refractivity contribution in [2.75, 3.05) is 11.9 Å². The van der Waals surface area contributed by atoms with Gasteiger partial charge in [0, 0.05) is 13.1 Å². The van der Waals surface area contributed by atoms with Crippen LogP contribution < -0.4 is 10.1 Å². The highest BCUT2D eigenvalue weighted by Crippen LogP contribution is 2.28. The van der Waals surface area contributed by atoms with Crippen molar-refractivity contribution in [3.05, 3.63) is 44.7 Å². The first-order valence-corrected chi connectivity index (χ1v) is 7.04. The smallest absolute Gasteiger partial charge is 0.273 e. The molecular weight excluding hydrogens is 324 g/mol. The Balaban J connectivity index is 2.05. The van der Waals surface area contributed by atoms with Gasteiger partial charge >= 0.3 is 0 Å². The molecule has 23 heavy (non-hydrogen) atoms. The van der Waals surface area contributed by atoms with Gasteiger partial charge in [0.05, 0.1) is 33.1 Å². The van der Waals surface area contributed by atoms with Crippen LogP contribution in [-0.2, 0) is 11.8 Å². The highest BCUT2D eigenvalue weighted by atomic mass is 35.5. The molecule has 1 aromatic carbocycles. The van der Waals surface area contributed by atoms with E-state index < -0.39 is 10.8 Å². The molecule has 0 spiro atoms. The normalized spacial score (nSPS) is 10.4. The second-order valence-electron chi connectivity index (χ2n) is 4.88. The van der Waals surface area contributed by atoms with Crippen molar-refractivity contribution in [1.29, 1.82) is 0 Å². The predicted octanol–water partition coefficient (Wildman–Crippen LogP) is 2.62. The SMILES string of the molecule is Cc1nn(C)c(C)c1NC(=O)COc1cc([N+](=O)[O-])ccc1Cl. The molecule has 1 amide bonds. The zero-order valence-corrected chi connectivity index (χ0v) is 13.5. The Morgan fingerprint density at radius 1 is 1.48 bits per heavy atom. The first kappa shape index (κ1) is 16.8. The van der Waals surface area contributed by atoms with E-state index in [1.54, 1.807) is 18.7 Å². The lowest BCUT2D eigenvalue weighted by Gasteiger charge is -2.09. The molecule has 0 bridgehead atoms. The molecule has 1 aromatic heterocycles. The molecule has 1 heterocycles. The first-order valence-electron chi connectivity index (χ1n) is 6.66. The van der Waals surface area contributed by atoms with Gasteiger partial charge < -0.3 is 10.1 Å². The maximum atomic E-state index is 12.0. The van der Waals surface area contributed by atoms with Crippen molar-refractivity contribution in [2.45, 2.75) is 13.8 Å². The number of carbonyl (C=O) groups excluding carboxylic acids is 1. The lowest BCUT2D eigenvalue weighted by Crippen LogP contribution is -2.21. The van der Waals surface area contributed by atoms with Crippen LogP contribution in [-0.4, -0.2) is 27.2 Å². The Kier molecular flexibility index (Phi) is 4.85. The number of hydrogen-bond acceptors (Lipinski definition) is 5. The highest BCUT2D eigenvalue weighted by molar-refractivity contribution is 6.32. The minimum Gasteiger partial charge on any atom is -0.482 e. The molecule has 2 aromatic rings. The molecule has 0 saturated carbocycles. The van der Waals surface area contributed by atoms with Gasteiger partial charge in [0.1, 0.15) is 5.75 Å². The molecule has 0 saturated heterocycles. The molecule has 0 aliphatic rings. The molecule has 0 radical (unpaired) electrons.